The Labute approximate surface area is 168 Å². The zero-order chi connectivity index (χ0) is 20.5. The number of hydrogen-bond donors (Lipinski definition) is 2. The number of carbonyl (C=O) groups excluding carboxylic acids is 2. The molecule has 1 aliphatic carbocycles. The summed E-state index contributed by atoms with van der Waals surface area (Å²) in [5, 5.41) is 5.22. The summed E-state index contributed by atoms with van der Waals surface area (Å²) in [6.07, 6.45) is 2.26. The van der Waals surface area contributed by atoms with Crippen LogP contribution in [0.3, 0.4) is 0 Å². The molecule has 2 N–H and O–H groups in total. The highest BCUT2D eigenvalue weighted by atomic mass is 35.5. The molecule has 1 aromatic rings. The number of carbonyl (C=O) groups is 2. The summed E-state index contributed by atoms with van der Waals surface area (Å²) in [5.41, 5.74) is 0.430. The van der Waals surface area contributed by atoms with Gasteiger partial charge < -0.3 is 24.8 Å². The zero-order valence-electron chi connectivity index (χ0n) is 15.6. The van der Waals surface area contributed by atoms with E-state index in [9.17, 15) is 14.0 Å². The van der Waals surface area contributed by atoms with Crippen molar-refractivity contribution in [2.45, 2.75) is 31.5 Å². The van der Waals surface area contributed by atoms with Crippen molar-refractivity contribution in [2.75, 3.05) is 26.9 Å². The van der Waals surface area contributed by atoms with Gasteiger partial charge in [-0.2, -0.15) is 0 Å². The van der Waals surface area contributed by atoms with Gasteiger partial charge in [0.1, 0.15) is 18.2 Å². The molecule has 0 unspecified atom stereocenters. The number of halogens is 2. The molecule has 0 saturated heterocycles. The van der Waals surface area contributed by atoms with E-state index in [4.69, 9.17) is 25.8 Å². The van der Waals surface area contributed by atoms with Crippen molar-refractivity contribution in [3.8, 4) is 5.75 Å². The van der Waals surface area contributed by atoms with Gasteiger partial charge in [0.2, 0.25) is 5.91 Å². The van der Waals surface area contributed by atoms with Gasteiger partial charge in [0.05, 0.1) is 17.2 Å². The Kier molecular flexibility index (Phi) is 8.69. The summed E-state index contributed by atoms with van der Waals surface area (Å²) in [5.74, 6) is -1.10. The minimum Gasteiger partial charge on any atom is -0.484 e. The van der Waals surface area contributed by atoms with Crippen LogP contribution in [0.5, 0.6) is 5.75 Å². The SMILES string of the molecule is C=C(CCNC(=O)COC1CC(OC)C1)NC(=O)COc1ccc(Cl)c(F)c1. The van der Waals surface area contributed by atoms with E-state index in [1.54, 1.807) is 7.11 Å². The molecule has 0 radical (unpaired) electrons. The van der Waals surface area contributed by atoms with Crippen molar-refractivity contribution in [3.63, 3.8) is 0 Å². The number of benzene rings is 1. The van der Waals surface area contributed by atoms with Crippen LogP contribution in [0, 0.1) is 5.82 Å². The van der Waals surface area contributed by atoms with E-state index in [-0.39, 0.29) is 42.1 Å². The Morgan fingerprint density at radius 1 is 1.25 bits per heavy atom. The van der Waals surface area contributed by atoms with Crippen LogP contribution in [0.4, 0.5) is 4.39 Å². The standard InChI is InChI=1S/C19H24ClFN2O5/c1-12(5-6-22-18(24)10-28-15-7-14(8-15)26-2)23-19(25)11-27-13-3-4-16(20)17(21)9-13/h3-4,9,14-15H,1,5-8,10-11H2,2H3,(H,22,24)(H,23,25). The Morgan fingerprint density at radius 3 is 2.68 bits per heavy atom. The van der Waals surface area contributed by atoms with Gasteiger partial charge in [-0.25, -0.2) is 4.39 Å². The molecule has 0 aromatic heterocycles. The van der Waals surface area contributed by atoms with Gasteiger partial charge in [-0.15, -0.1) is 0 Å². The highest BCUT2D eigenvalue weighted by Gasteiger charge is 2.30. The molecule has 2 rings (SSSR count). The van der Waals surface area contributed by atoms with E-state index in [2.05, 4.69) is 17.2 Å². The number of hydrogen-bond acceptors (Lipinski definition) is 5. The van der Waals surface area contributed by atoms with Crippen LogP contribution in [-0.2, 0) is 19.1 Å². The molecule has 0 atom stereocenters. The van der Waals surface area contributed by atoms with Crippen molar-refractivity contribution in [1.29, 1.82) is 0 Å². The average molecular weight is 415 g/mol. The van der Waals surface area contributed by atoms with Crippen LogP contribution >= 0.6 is 11.6 Å². The topological polar surface area (TPSA) is 85.9 Å². The Bertz CT molecular complexity index is 710. The molecule has 1 saturated carbocycles. The average Bonchev–Trinajstić information content (AvgIpc) is 2.61. The first kappa shape index (κ1) is 22.1. The quantitative estimate of drug-likeness (QED) is 0.579. The van der Waals surface area contributed by atoms with Crippen LogP contribution in [0.1, 0.15) is 19.3 Å². The van der Waals surface area contributed by atoms with Gasteiger partial charge >= 0.3 is 0 Å². The summed E-state index contributed by atoms with van der Waals surface area (Å²) >= 11 is 5.58. The highest BCUT2D eigenvalue weighted by molar-refractivity contribution is 6.30. The lowest BCUT2D eigenvalue weighted by molar-refractivity contribution is -0.135. The molecule has 9 heteroatoms. The van der Waals surface area contributed by atoms with Crippen LogP contribution < -0.4 is 15.4 Å². The normalized spacial score (nSPS) is 18.1. The smallest absolute Gasteiger partial charge is 0.262 e. The number of ether oxygens (including phenoxy) is 3. The first-order valence-electron chi connectivity index (χ1n) is 8.84. The third-order valence-corrected chi connectivity index (χ3v) is 4.47. The van der Waals surface area contributed by atoms with Gasteiger partial charge in [-0.05, 0) is 25.0 Å². The van der Waals surface area contributed by atoms with E-state index in [0.717, 1.165) is 18.9 Å². The van der Waals surface area contributed by atoms with Crippen molar-refractivity contribution in [3.05, 3.63) is 41.3 Å². The lowest BCUT2D eigenvalue weighted by Gasteiger charge is -2.33. The van der Waals surface area contributed by atoms with Crippen molar-refractivity contribution < 1.29 is 28.2 Å². The molecular weight excluding hydrogens is 391 g/mol. The molecule has 2 amide bonds. The fourth-order valence-corrected chi connectivity index (χ4v) is 2.57. The minimum atomic E-state index is -0.625. The third kappa shape index (κ3) is 7.46. The van der Waals surface area contributed by atoms with Gasteiger partial charge in [-0.1, -0.05) is 18.2 Å². The Morgan fingerprint density at radius 2 is 2.00 bits per heavy atom. The Balaban J connectivity index is 1.54. The van der Waals surface area contributed by atoms with E-state index in [0.29, 0.717) is 18.7 Å². The molecule has 0 bridgehead atoms. The number of rotatable bonds is 11. The van der Waals surface area contributed by atoms with Crippen molar-refractivity contribution >= 4 is 23.4 Å². The molecule has 1 aliphatic rings. The maximum Gasteiger partial charge on any atom is 0.262 e. The van der Waals surface area contributed by atoms with E-state index in [1.807, 2.05) is 0 Å². The number of methoxy groups -OCH3 is 1. The van der Waals surface area contributed by atoms with Crippen LogP contribution in [0.2, 0.25) is 5.02 Å². The second kappa shape index (κ2) is 11.0. The fourth-order valence-electron chi connectivity index (χ4n) is 2.45. The summed E-state index contributed by atoms with van der Waals surface area (Å²) in [6, 6.07) is 3.90. The molecule has 154 valence electrons. The molecular formula is C19H24ClFN2O5. The largest absolute Gasteiger partial charge is 0.484 e. The first-order valence-corrected chi connectivity index (χ1v) is 9.21. The summed E-state index contributed by atoms with van der Waals surface area (Å²) in [7, 11) is 1.66. The van der Waals surface area contributed by atoms with Crippen molar-refractivity contribution in [1.82, 2.24) is 10.6 Å². The lowest BCUT2D eigenvalue weighted by Crippen LogP contribution is -2.39. The van der Waals surface area contributed by atoms with Gasteiger partial charge in [0.15, 0.2) is 6.61 Å². The monoisotopic (exact) mass is 414 g/mol. The second-order valence-corrected chi connectivity index (χ2v) is 6.79. The predicted octanol–water partition coefficient (Wildman–Crippen LogP) is 2.19. The molecule has 7 nitrogen and oxygen atoms in total. The van der Waals surface area contributed by atoms with E-state index < -0.39 is 11.7 Å². The molecule has 0 spiro atoms. The van der Waals surface area contributed by atoms with Crippen LogP contribution in [0.25, 0.3) is 0 Å². The minimum absolute atomic E-state index is 0.00850. The zero-order valence-corrected chi connectivity index (χ0v) is 16.4. The number of amides is 2. The maximum atomic E-state index is 13.3. The second-order valence-electron chi connectivity index (χ2n) is 6.38. The first-order chi connectivity index (χ1) is 13.4. The predicted molar refractivity (Wildman–Crippen MR) is 102 cm³/mol. The molecule has 1 fully saturated rings. The van der Waals surface area contributed by atoms with Gasteiger partial charge in [0.25, 0.3) is 5.91 Å². The maximum absolute atomic E-state index is 13.3. The molecule has 28 heavy (non-hydrogen) atoms. The highest BCUT2D eigenvalue weighted by Crippen LogP contribution is 2.25. The summed E-state index contributed by atoms with van der Waals surface area (Å²) in [4.78, 5) is 23.5. The Hall–Kier alpha value is -2.16. The lowest BCUT2D eigenvalue weighted by atomic mass is 9.92. The molecule has 0 aliphatic heterocycles. The van der Waals surface area contributed by atoms with Crippen LogP contribution in [-0.4, -0.2) is 50.9 Å². The van der Waals surface area contributed by atoms with Gasteiger partial charge in [0, 0.05) is 31.8 Å². The van der Waals surface area contributed by atoms with Crippen molar-refractivity contribution in [2.24, 2.45) is 0 Å². The number of nitrogens with one attached hydrogen (secondary N) is 2. The van der Waals surface area contributed by atoms with Gasteiger partial charge in [-0.3, -0.25) is 9.59 Å². The van der Waals surface area contributed by atoms with E-state index in [1.165, 1.54) is 12.1 Å². The summed E-state index contributed by atoms with van der Waals surface area (Å²) < 4.78 is 29.1. The van der Waals surface area contributed by atoms with Crippen LogP contribution in [0.15, 0.2) is 30.5 Å². The third-order valence-electron chi connectivity index (χ3n) is 4.16. The molecule has 1 aromatic carbocycles. The fraction of sp³-hybridized carbons (Fsp3) is 0.474. The molecule has 0 heterocycles. The summed E-state index contributed by atoms with van der Waals surface area (Å²) in [6.45, 7) is 3.73. The van der Waals surface area contributed by atoms with E-state index >= 15 is 0 Å².